The molecular formula is C23H19FN2O4. The van der Waals surface area contributed by atoms with E-state index in [1.807, 2.05) is 19.1 Å². The van der Waals surface area contributed by atoms with Gasteiger partial charge in [0, 0.05) is 0 Å². The quantitative estimate of drug-likeness (QED) is 0.280. The van der Waals surface area contributed by atoms with Crippen molar-refractivity contribution in [2.24, 2.45) is 5.10 Å². The van der Waals surface area contributed by atoms with Crippen LogP contribution in [0.1, 0.15) is 21.5 Å². The number of carbonyl (C=O) groups is 2. The van der Waals surface area contributed by atoms with Gasteiger partial charge in [-0.05, 0) is 72.6 Å². The van der Waals surface area contributed by atoms with Gasteiger partial charge in [0.05, 0.1) is 11.8 Å². The Kier molecular flexibility index (Phi) is 6.89. The fraction of sp³-hybridized carbons (Fsp3) is 0.0870. The van der Waals surface area contributed by atoms with Crippen LogP contribution < -0.4 is 14.9 Å². The van der Waals surface area contributed by atoms with E-state index >= 15 is 0 Å². The lowest BCUT2D eigenvalue weighted by Crippen LogP contribution is -2.24. The van der Waals surface area contributed by atoms with Gasteiger partial charge >= 0.3 is 5.97 Å². The highest BCUT2D eigenvalue weighted by Crippen LogP contribution is 2.15. The summed E-state index contributed by atoms with van der Waals surface area (Å²) in [7, 11) is 0. The summed E-state index contributed by atoms with van der Waals surface area (Å²) < 4.78 is 23.4. The number of nitrogens with one attached hydrogen (secondary N) is 1. The molecule has 0 unspecified atom stereocenters. The number of benzene rings is 3. The Hall–Kier alpha value is -4.00. The number of ether oxygens (including phenoxy) is 2. The first-order valence-corrected chi connectivity index (χ1v) is 9.09. The molecule has 0 saturated heterocycles. The third-order valence-electron chi connectivity index (χ3n) is 4.04. The third-order valence-corrected chi connectivity index (χ3v) is 4.04. The average Bonchev–Trinajstić information content (AvgIpc) is 2.75. The third kappa shape index (κ3) is 6.00. The predicted molar refractivity (Wildman–Crippen MR) is 110 cm³/mol. The zero-order chi connectivity index (χ0) is 21.3. The summed E-state index contributed by atoms with van der Waals surface area (Å²) in [6.07, 6.45) is 1.45. The smallest absolute Gasteiger partial charge is 0.343 e. The average molecular weight is 406 g/mol. The number of rotatable bonds is 7. The first kappa shape index (κ1) is 20.7. The van der Waals surface area contributed by atoms with Crippen molar-refractivity contribution in [3.8, 4) is 11.5 Å². The largest absolute Gasteiger partial charge is 0.484 e. The molecule has 6 nitrogen and oxygen atoms in total. The van der Waals surface area contributed by atoms with Crippen molar-refractivity contribution in [3.63, 3.8) is 0 Å². The number of nitrogens with zero attached hydrogens (tertiary/aromatic N) is 1. The molecule has 1 N–H and O–H groups in total. The Morgan fingerprint density at radius 2 is 1.63 bits per heavy atom. The number of carbonyl (C=O) groups excluding carboxylic acids is 2. The minimum Gasteiger partial charge on any atom is -0.484 e. The molecule has 152 valence electrons. The molecule has 1 amide bonds. The number of esters is 1. The first-order chi connectivity index (χ1) is 14.5. The van der Waals surface area contributed by atoms with Crippen molar-refractivity contribution >= 4 is 18.1 Å². The van der Waals surface area contributed by atoms with Crippen LogP contribution in [0, 0.1) is 12.7 Å². The first-order valence-electron chi connectivity index (χ1n) is 9.09. The van der Waals surface area contributed by atoms with Gasteiger partial charge < -0.3 is 9.47 Å². The Balaban J connectivity index is 1.47. The lowest BCUT2D eigenvalue weighted by Gasteiger charge is -2.06. The summed E-state index contributed by atoms with van der Waals surface area (Å²) in [5.74, 6) is -0.488. The molecule has 3 rings (SSSR count). The normalized spacial score (nSPS) is 10.6. The van der Waals surface area contributed by atoms with Crippen LogP contribution in [0.25, 0.3) is 0 Å². The van der Waals surface area contributed by atoms with Gasteiger partial charge in [0.2, 0.25) is 0 Å². The van der Waals surface area contributed by atoms with Gasteiger partial charge in [-0.2, -0.15) is 5.10 Å². The van der Waals surface area contributed by atoms with Gasteiger partial charge in [-0.25, -0.2) is 14.6 Å². The molecule has 0 spiro atoms. The highest BCUT2D eigenvalue weighted by molar-refractivity contribution is 5.92. The van der Waals surface area contributed by atoms with E-state index in [1.54, 1.807) is 36.4 Å². The molecule has 0 aliphatic carbocycles. The molecule has 0 aromatic heterocycles. The van der Waals surface area contributed by atoms with Gasteiger partial charge in [0.1, 0.15) is 17.3 Å². The molecular weight excluding hydrogens is 387 g/mol. The van der Waals surface area contributed by atoms with E-state index < -0.39 is 11.9 Å². The van der Waals surface area contributed by atoms with Crippen molar-refractivity contribution in [3.05, 3.63) is 95.3 Å². The summed E-state index contributed by atoms with van der Waals surface area (Å²) in [6.45, 7) is 1.59. The van der Waals surface area contributed by atoms with Crippen molar-refractivity contribution in [2.75, 3.05) is 6.61 Å². The van der Waals surface area contributed by atoms with Gasteiger partial charge in [-0.3, -0.25) is 4.79 Å². The summed E-state index contributed by atoms with van der Waals surface area (Å²) in [4.78, 5) is 24.0. The second-order valence-electron chi connectivity index (χ2n) is 6.31. The molecule has 30 heavy (non-hydrogen) atoms. The zero-order valence-electron chi connectivity index (χ0n) is 16.2. The number of hydrazone groups is 1. The highest BCUT2D eigenvalue weighted by atomic mass is 19.1. The number of hydrogen-bond donors (Lipinski definition) is 1. The standard InChI is InChI=1S/C23H19FN2O4/c1-16-4-2-3-5-21(16)23(28)30-20-10-6-17(7-11-20)14-25-26-22(27)15-29-19-12-8-18(24)9-13-19/h2-14H,15H2,1H3,(H,26,27). The fourth-order valence-corrected chi connectivity index (χ4v) is 2.48. The van der Waals surface area contributed by atoms with E-state index in [2.05, 4.69) is 10.5 Å². The van der Waals surface area contributed by atoms with Crippen LogP contribution in [0.15, 0.2) is 77.9 Å². The summed E-state index contributed by atoms with van der Waals surface area (Å²) in [6, 6.07) is 19.2. The second kappa shape index (κ2) is 9.97. The van der Waals surface area contributed by atoms with E-state index in [1.165, 1.54) is 30.5 Å². The lowest BCUT2D eigenvalue weighted by molar-refractivity contribution is -0.123. The van der Waals surface area contributed by atoms with Gasteiger partial charge in [0.15, 0.2) is 6.61 Å². The number of halogens is 1. The fourth-order valence-electron chi connectivity index (χ4n) is 2.48. The van der Waals surface area contributed by atoms with Crippen LogP contribution in [-0.2, 0) is 4.79 Å². The Labute approximate surface area is 173 Å². The van der Waals surface area contributed by atoms with E-state index in [0.717, 1.165) is 5.56 Å². The summed E-state index contributed by atoms with van der Waals surface area (Å²) >= 11 is 0. The van der Waals surface area contributed by atoms with Crippen LogP contribution in [0.5, 0.6) is 11.5 Å². The molecule has 0 aliphatic rings. The van der Waals surface area contributed by atoms with E-state index in [4.69, 9.17) is 9.47 Å². The molecule has 0 bridgehead atoms. The van der Waals surface area contributed by atoms with Crippen LogP contribution in [0.3, 0.4) is 0 Å². The maximum absolute atomic E-state index is 12.8. The summed E-state index contributed by atoms with van der Waals surface area (Å²) in [5, 5.41) is 3.85. The zero-order valence-corrected chi connectivity index (χ0v) is 16.2. The molecule has 0 fully saturated rings. The van der Waals surface area contributed by atoms with Crippen molar-refractivity contribution in [1.82, 2.24) is 5.43 Å². The molecule has 0 radical (unpaired) electrons. The Bertz CT molecular complexity index is 1050. The number of amides is 1. The van der Waals surface area contributed by atoms with Gasteiger partial charge in [0.25, 0.3) is 5.91 Å². The predicted octanol–water partition coefficient (Wildman–Crippen LogP) is 3.88. The molecule has 3 aromatic carbocycles. The van der Waals surface area contributed by atoms with Crippen LogP contribution in [-0.4, -0.2) is 24.7 Å². The Morgan fingerprint density at radius 3 is 2.33 bits per heavy atom. The monoisotopic (exact) mass is 406 g/mol. The van der Waals surface area contributed by atoms with Crippen molar-refractivity contribution < 1.29 is 23.5 Å². The maximum atomic E-state index is 12.8. The molecule has 3 aromatic rings. The van der Waals surface area contributed by atoms with Gasteiger partial charge in [-0.15, -0.1) is 0 Å². The second-order valence-corrected chi connectivity index (χ2v) is 6.31. The number of aryl methyl sites for hydroxylation is 1. The van der Waals surface area contributed by atoms with Gasteiger partial charge in [-0.1, -0.05) is 18.2 Å². The van der Waals surface area contributed by atoms with Crippen LogP contribution >= 0.6 is 0 Å². The van der Waals surface area contributed by atoms with Crippen molar-refractivity contribution in [1.29, 1.82) is 0 Å². The Morgan fingerprint density at radius 1 is 0.967 bits per heavy atom. The molecule has 0 aliphatic heterocycles. The highest BCUT2D eigenvalue weighted by Gasteiger charge is 2.10. The molecule has 0 heterocycles. The SMILES string of the molecule is Cc1ccccc1C(=O)Oc1ccc(C=NNC(=O)COc2ccc(F)cc2)cc1. The van der Waals surface area contributed by atoms with E-state index in [9.17, 15) is 14.0 Å². The molecule has 0 saturated carbocycles. The number of hydrogen-bond acceptors (Lipinski definition) is 5. The van der Waals surface area contributed by atoms with E-state index in [-0.39, 0.29) is 12.4 Å². The molecule has 7 heteroatoms. The minimum absolute atomic E-state index is 0.253. The van der Waals surface area contributed by atoms with E-state index in [0.29, 0.717) is 22.6 Å². The van der Waals surface area contributed by atoms with Crippen molar-refractivity contribution in [2.45, 2.75) is 6.92 Å². The van der Waals surface area contributed by atoms with Crippen LogP contribution in [0.2, 0.25) is 0 Å². The molecule has 0 atom stereocenters. The van der Waals surface area contributed by atoms with Crippen LogP contribution in [0.4, 0.5) is 4.39 Å². The topological polar surface area (TPSA) is 77.0 Å². The lowest BCUT2D eigenvalue weighted by atomic mass is 10.1. The maximum Gasteiger partial charge on any atom is 0.343 e. The summed E-state index contributed by atoms with van der Waals surface area (Å²) in [5.41, 5.74) is 4.38. The minimum atomic E-state index is -0.459.